The van der Waals surface area contributed by atoms with Gasteiger partial charge in [0.15, 0.2) is 17.5 Å². The van der Waals surface area contributed by atoms with E-state index in [0.717, 1.165) is 28.8 Å². The highest BCUT2D eigenvalue weighted by Gasteiger charge is 2.14. The molecule has 144 valence electrons. The van der Waals surface area contributed by atoms with E-state index in [0.29, 0.717) is 11.3 Å². The van der Waals surface area contributed by atoms with Crippen molar-refractivity contribution >= 4 is 5.69 Å². The molecule has 0 saturated carbocycles. The molecule has 4 rings (SSSR count). The van der Waals surface area contributed by atoms with Crippen LogP contribution in [0.4, 0.5) is 23.2 Å². The Morgan fingerprint density at radius 3 is 1.38 bits per heavy atom. The normalized spacial score (nSPS) is 10.9. The van der Waals surface area contributed by atoms with E-state index in [9.17, 15) is 17.6 Å². The lowest BCUT2D eigenvalue weighted by Gasteiger charge is -2.09. The smallest absolute Gasteiger partial charge is 0.194 e. The zero-order valence-corrected chi connectivity index (χ0v) is 15.1. The van der Waals surface area contributed by atoms with Gasteiger partial charge in [-0.25, -0.2) is 17.6 Å². The molecular formula is C24H15F4N. The lowest BCUT2D eigenvalue weighted by molar-refractivity contribution is 0.447. The molecule has 0 unspecified atom stereocenters. The summed E-state index contributed by atoms with van der Waals surface area (Å²) in [6, 6.07) is 20.9. The van der Waals surface area contributed by atoms with Crippen molar-refractivity contribution in [2.75, 3.05) is 5.73 Å². The molecule has 0 amide bonds. The summed E-state index contributed by atoms with van der Waals surface area (Å²) in [5.41, 5.74) is 9.70. The first-order chi connectivity index (χ1) is 13.9. The second-order valence-electron chi connectivity index (χ2n) is 6.65. The molecule has 2 N–H and O–H groups in total. The molecule has 0 bridgehead atoms. The fourth-order valence-electron chi connectivity index (χ4n) is 3.17. The monoisotopic (exact) mass is 393 g/mol. The van der Waals surface area contributed by atoms with Crippen LogP contribution in [-0.2, 0) is 0 Å². The minimum atomic E-state index is -1.58. The van der Waals surface area contributed by atoms with Gasteiger partial charge >= 0.3 is 0 Å². The van der Waals surface area contributed by atoms with Crippen molar-refractivity contribution in [3.8, 4) is 33.4 Å². The summed E-state index contributed by atoms with van der Waals surface area (Å²) < 4.78 is 54.7. The van der Waals surface area contributed by atoms with Crippen molar-refractivity contribution in [2.45, 2.75) is 0 Å². The molecule has 29 heavy (non-hydrogen) atoms. The molecule has 5 heteroatoms. The molecule has 0 aliphatic rings. The zero-order valence-electron chi connectivity index (χ0n) is 15.1. The summed E-state index contributed by atoms with van der Waals surface area (Å²) in [6.07, 6.45) is 0. The number of halogens is 4. The maximum absolute atomic E-state index is 14.6. The Balaban J connectivity index is 1.65. The standard InChI is InChI=1S/C24H15F4N/c25-21-11-17(7-10-20(21)18-12-22(26)24(28)23(27)13-18)16-3-1-14(2-4-16)15-5-8-19(29)9-6-15/h1-13H,29H2. The third kappa shape index (κ3) is 3.72. The average Bonchev–Trinajstić information content (AvgIpc) is 2.72. The van der Waals surface area contributed by atoms with Crippen molar-refractivity contribution in [1.29, 1.82) is 0 Å². The number of hydrogen-bond donors (Lipinski definition) is 1. The number of anilines is 1. The number of nitrogen functional groups attached to an aromatic ring is 1. The van der Waals surface area contributed by atoms with Gasteiger partial charge in [-0.2, -0.15) is 0 Å². The van der Waals surface area contributed by atoms with Crippen LogP contribution in [0.5, 0.6) is 0 Å². The van der Waals surface area contributed by atoms with Gasteiger partial charge in [0.1, 0.15) is 5.82 Å². The molecule has 0 spiro atoms. The van der Waals surface area contributed by atoms with Crippen LogP contribution in [-0.4, -0.2) is 0 Å². The van der Waals surface area contributed by atoms with Gasteiger partial charge in [-0.15, -0.1) is 0 Å². The highest BCUT2D eigenvalue weighted by Crippen LogP contribution is 2.31. The lowest BCUT2D eigenvalue weighted by atomic mass is 9.97. The van der Waals surface area contributed by atoms with Crippen molar-refractivity contribution in [2.24, 2.45) is 0 Å². The average molecular weight is 393 g/mol. The minimum absolute atomic E-state index is 0.00922. The van der Waals surface area contributed by atoms with Gasteiger partial charge in [-0.3, -0.25) is 0 Å². The Morgan fingerprint density at radius 2 is 0.862 bits per heavy atom. The largest absolute Gasteiger partial charge is 0.399 e. The SMILES string of the molecule is Nc1ccc(-c2ccc(-c3ccc(-c4cc(F)c(F)c(F)c4)c(F)c3)cc2)cc1. The van der Waals surface area contributed by atoms with Crippen molar-refractivity contribution in [3.63, 3.8) is 0 Å². The van der Waals surface area contributed by atoms with Crippen molar-refractivity contribution in [1.82, 2.24) is 0 Å². The van der Waals surface area contributed by atoms with Gasteiger partial charge in [0.05, 0.1) is 0 Å². The first-order valence-corrected chi connectivity index (χ1v) is 8.83. The summed E-state index contributed by atoms with van der Waals surface area (Å²) in [5.74, 6) is -4.95. The molecule has 4 aromatic carbocycles. The van der Waals surface area contributed by atoms with Gasteiger partial charge in [-0.1, -0.05) is 48.5 Å². The number of rotatable bonds is 3. The predicted octanol–water partition coefficient (Wildman–Crippen LogP) is 6.83. The van der Waals surface area contributed by atoms with E-state index < -0.39 is 23.3 Å². The van der Waals surface area contributed by atoms with Crippen LogP contribution in [0.25, 0.3) is 33.4 Å². The molecule has 0 atom stereocenters. The fourth-order valence-corrected chi connectivity index (χ4v) is 3.17. The van der Waals surface area contributed by atoms with E-state index in [-0.39, 0.29) is 11.1 Å². The maximum Gasteiger partial charge on any atom is 0.194 e. The van der Waals surface area contributed by atoms with Crippen molar-refractivity contribution < 1.29 is 17.6 Å². The van der Waals surface area contributed by atoms with E-state index in [1.54, 1.807) is 6.07 Å². The topological polar surface area (TPSA) is 26.0 Å². The molecule has 4 aromatic rings. The number of hydrogen-bond acceptors (Lipinski definition) is 1. The van der Waals surface area contributed by atoms with E-state index >= 15 is 0 Å². The summed E-state index contributed by atoms with van der Waals surface area (Å²) in [5, 5.41) is 0. The second kappa shape index (κ2) is 7.43. The van der Waals surface area contributed by atoms with Crippen LogP contribution >= 0.6 is 0 Å². The number of nitrogens with two attached hydrogens (primary N) is 1. The fraction of sp³-hybridized carbons (Fsp3) is 0. The van der Waals surface area contributed by atoms with Gasteiger partial charge < -0.3 is 5.73 Å². The van der Waals surface area contributed by atoms with Gasteiger partial charge in [0, 0.05) is 11.3 Å². The number of benzene rings is 4. The predicted molar refractivity (Wildman–Crippen MR) is 107 cm³/mol. The van der Waals surface area contributed by atoms with Crippen LogP contribution in [0.3, 0.4) is 0 Å². The third-order valence-corrected chi connectivity index (χ3v) is 4.73. The second-order valence-corrected chi connectivity index (χ2v) is 6.65. The van der Waals surface area contributed by atoms with E-state index in [2.05, 4.69) is 0 Å². The molecule has 0 radical (unpaired) electrons. The molecule has 0 aromatic heterocycles. The van der Waals surface area contributed by atoms with Crippen molar-refractivity contribution in [3.05, 3.63) is 102 Å². The highest BCUT2D eigenvalue weighted by molar-refractivity contribution is 5.74. The molecule has 0 saturated heterocycles. The van der Waals surface area contributed by atoms with Gasteiger partial charge in [-0.05, 0) is 58.1 Å². The molecule has 0 aliphatic heterocycles. The third-order valence-electron chi connectivity index (χ3n) is 4.73. The molecule has 1 nitrogen and oxygen atoms in total. The minimum Gasteiger partial charge on any atom is -0.399 e. The first-order valence-electron chi connectivity index (χ1n) is 8.83. The lowest BCUT2D eigenvalue weighted by Crippen LogP contribution is -1.94. The summed E-state index contributed by atoms with van der Waals surface area (Å²) in [7, 11) is 0. The van der Waals surface area contributed by atoms with E-state index in [4.69, 9.17) is 5.73 Å². The van der Waals surface area contributed by atoms with Crippen LogP contribution in [0.15, 0.2) is 78.9 Å². The molecule has 0 heterocycles. The molecular weight excluding hydrogens is 378 g/mol. The Kier molecular flexibility index (Phi) is 4.80. The van der Waals surface area contributed by atoms with Gasteiger partial charge in [0.25, 0.3) is 0 Å². The Bertz CT molecular complexity index is 1160. The highest BCUT2D eigenvalue weighted by atomic mass is 19.2. The summed E-state index contributed by atoms with van der Waals surface area (Å²) in [6.45, 7) is 0. The quantitative estimate of drug-likeness (QED) is 0.231. The Morgan fingerprint density at radius 1 is 0.448 bits per heavy atom. The first kappa shape index (κ1) is 18.7. The molecule has 0 aliphatic carbocycles. The van der Waals surface area contributed by atoms with E-state index in [1.165, 1.54) is 12.1 Å². The maximum atomic E-state index is 14.6. The summed E-state index contributed by atoms with van der Waals surface area (Å²) >= 11 is 0. The Hall–Kier alpha value is -3.60. The van der Waals surface area contributed by atoms with Crippen LogP contribution < -0.4 is 5.73 Å². The summed E-state index contributed by atoms with van der Waals surface area (Å²) in [4.78, 5) is 0. The molecule has 0 fully saturated rings. The van der Waals surface area contributed by atoms with Crippen LogP contribution in [0.1, 0.15) is 0 Å². The Labute approximate surface area is 165 Å². The van der Waals surface area contributed by atoms with Gasteiger partial charge in [0.2, 0.25) is 0 Å². The van der Waals surface area contributed by atoms with Crippen LogP contribution in [0.2, 0.25) is 0 Å². The van der Waals surface area contributed by atoms with Crippen LogP contribution in [0, 0.1) is 23.3 Å². The van der Waals surface area contributed by atoms with E-state index in [1.807, 2.05) is 48.5 Å². The zero-order chi connectivity index (χ0) is 20.5.